The largest absolute Gasteiger partial charge is 0.376 e. The molecule has 0 saturated carbocycles. The summed E-state index contributed by atoms with van der Waals surface area (Å²) in [6.07, 6.45) is 5.99. The molecule has 1 aliphatic heterocycles. The molecule has 0 spiro atoms. The average molecular weight is 308 g/mol. The van der Waals surface area contributed by atoms with Crippen molar-refractivity contribution in [2.45, 2.75) is 31.9 Å². The van der Waals surface area contributed by atoms with E-state index in [-0.39, 0.29) is 12.1 Å². The zero-order valence-electron chi connectivity index (χ0n) is 13.1. The molecule has 1 aromatic carbocycles. The van der Waals surface area contributed by atoms with E-state index in [1.54, 1.807) is 6.20 Å². The minimum atomic E-state index is 0.0904. The first kappa shape index (κ1) is 14.2. The van der Waals surface area contributed by atoms with Crippen molar-refractivity contribution >= 4 is 11.3 Å². The molecule has 1 aliphatic rings. The summed E-state index contributed by atoms with van der Waals surface area (Å²) in [5.74, 6) is 0.845. The number of aryl methyl sites for hydroxylation is 1. The van der Waals surface area contributed by atoms with Crippen molar-refractivity contribution in [3.05, 3.63) is 60.0 Å². The van der Waals surface area contributed by atoms with Gasteiger partial charge in [-0.1, -0.05) is 30.3 Å². The fraction of sp³-hybridized carbons (Fsp3) is 0.333. The molecule has 3 heterocycles. The van der Waals surface area contributed by atoms with Crippen molar-refractivity contribution in [2.75, 3.05) is 11.9 Å². The van der Waals surface area contributed by atoms with Crippen LogP contribution in [0.1, 0.15) is 30.1 Å². The molecule has 1 fully saturated rings. The number of rotatable bonds is 4. The van der Waals surface area contributed by atoms with Crippen LogP contribution < -0.4 is 5.32 Å². The lowest BCUT2D eigenvalue weighted by molar-refractivity contribution is 0.0953. The molecular formula is C18H20N4O. The lowest BCUT2D eigenvalue weighted by Gasteiger charge is -2.25. The maximum Gasteiger partial charge on any atom is 0.152 e. The summed E-state index contributed by atoms with van der Waals surface area (Å²) in [4.78, 5) is 4.53. The van der Waals surface area contributed by atoms with E-state index in [2.05, 4.69) is 39.7 Å². The van der Waals surface area contributed by atoms with Crippen LogP contribution in [0.4, 0.5) is 5.82 Å². The van der Waals surface area contributed by atoms with E-state index < -0.39 is 0 Å². The third-order valence-electron chi connectivity index (χ3n) is 4.30. The number of hydrogen-bond donors (Lipinski definition) is 1. The highest BCUT2D eigenvalue weighted by Crippen LogP contribution is 2.31. The molecule has 0 bridgehead atoms. The van der Waals surface area contributed by atoms with E-state index in [0.717, 1.165) is 36.5 Å². The maximum atomic E-state index is 5.95. The van der Waals surface area contributed by atoms with E-state index in [4.69, 9.17) is 4.74 Å². The molecule has 1 saturated heterocycles. The van der Waals surface area contributed by atoms with Crippen molar-refractivity contribution in [3.63, 3.8) is 0 Å². The summed E-state index contributed by atoms with van der Waals surface area (Å²) in [5, 5.41) is 8.05. The second kappa shape index (κ2) is 6.01. The normalized spacial score (nSPS) is 19.1. The Balaban J connectivity index is 1.71. The van der Waals surface area contributed by atoms with E-state index in [0.29, 0.717) is 0 Å². The highest BCUT2D eigenvalue weighted by Gasteiger charge is 2.28. The summed E-state index contributed by atoms with van der Waals surface area (Å²) in [6.45, 7) is 2.82. The van der Waals surface area contributed by atoms with E-state index in [1.165, 1.54) is 5.56 Å². The maximum absolute atomic E-state index is 5.95. The van der Waals surface area contributed by atoms with Gasteiger partial charge in [-0.3, -0.25) is 0 Å². The van der Waals surface area contributed by atoms with Crippen molar-refractivity contribution in [3.8, 4) is 0 Å². The zero-order valence-corrected chi connectivity index (χ0v) is 13.1. The number of aromatic nitrogens is 3. The lowest BCUT2D eigenvalue weighted by atomic mass is 9.99. The first-order valence-electron chi connectivity index (χ1n) is 8.05. The van der Waals surface area contributed by atoms with Gasteiger partial charge in [0, 0.05) is 19.0 Å². The standard InChI is InChI=1S/C18H20N4O/c1-13-12-15-18(19-9-10-22(15)21-13)20-17(16-8-5-11-23-16)14-6-3-2-4-7-14/h2-4,6-7,9-10,12,16-17H,5,8,11H2,1H3,(H,19,20)/t16-,17+/m0/s1. The van der Waals surface area contributed by atoms with E-state index in [1.807, 2.05) is 29.8 Å². The average Bonchev–Trinajstić information content (AvgIpc) is 3.22. The Bertz CT molecular complexity index is 793. The molecular weight excluding hydrogens is 288 g/mol. The molecule has 2 aromatic heterocycles. The highest BCUT2D eigenvalue weighted by molar-refractivity contribution is 5.68. The van der Waals surface area contributed by atoms with Crippen molar-refractivity contribution in [1.82, 2.24) is 14.6 Å². The smallest absolute Gasteiger partial charge is 0.152 e. The second-order valence-electron chi connectivity index (χ2n) is 5.98. The van der Waals surface area contributed by atoms with Crippen LogP contribution in [0.15, 0.2) is 48.8 Å². The molecule has 1 N–H and O–H groups in total. The molecule has 4 rings (SSSR count). The van der Waals surface area contributed by atoms with Crippen molar-refractivity contribution < 1.29 is 4.74 Å². The lowest BCUT2D eigenvalue weighted by Crippen LogP contribution is -2.25. The van der Waals surface area contributed by atoms with Crippen LogP contribution in [-0.2, 0) is 4.74 Å². The Morgan fingerprint density at radius 1 is 1.30 bits per heavy atom. The minimum Gasteiger partial charge on any atom is -0.376 e. The number of fused-ring (bicyclic) bond motifs is 1. The predicted molar refractivity (Wildman–Crippen MR) is 89.5 cm³/mol. The number of benzene rings is 1. The first-order valence-corrected chi connectivity index (χ1v) is 8.05. The molecule has 0 radical (unpaired) electrons. The Hall–Kier alpha value is -2.40. The minimum absolute atomic E-state index is 0.0904. The fourth-order valence-electron chi connectivity index (χ4n) is 3.22. The van der Waals surface area contributed by atoms with Crippen LogP contribution in [0.25, 0.3) is 5.52 Å². The van der Waals surface area contributed by atoms with Crippen molar-refractivity contribution in [1.29, 1.82) is 0 Å². The van der Waals surface area contributed by atoms with Gasteiger partial charge in [0.15, 0.2) is 5.82 Å². The van der Waals surface area contributed by atoms with Gasteiger partial charge in [-0.05, 0) is 31.4 Å². The molecule has 0 amide bonds. The summed E-state index contributed by atoms with van der Waals surface area (Å²) in [5.41, 5.74) is 3.19. The predicted octanol–water partition coefficient (Wildman–Crippen LogP) is 3.37. The van der Waals surface area contributed by atoms with Gasteiger partial charge in [0.2, 0.25) is 0 Å². The third kappa shape index (κ3) is 2.80. The summed E-state index contributed by atoms with van der Waals surface area (Å²) < 4.78 is 7.81. The van der Waals surface area contributed by atoms with Gasteiger partial charge in [0.05, 0.1) is 17.8 Å². The van der Waals surface area contributed by atoms with Gasteiger partial charge in [-0.2, -0.15) is 5.10 Å². The molecule has 2 atom stereocenters. The third-order valence-corrected chi connectivity index (χ3v) is 4.30. The molecule has 5 heteroatoms. The Morgan fingerprint density at radius 2 is 2.17 bits per heavy atom. The monoisotopic (exact) mass is 308 g/mol. The number of nitrogens with zero attached hydrogens (tertiary/aromatic N) is 3. The number of nitrogens with one attached hydrogen (secondary N) is 1. The van der Waals surface area contributed by atoms with Gasteiger partial charge in [-0.25, -0.2) is 9.50 Å². The number of ether oxygens (including phenoxy) is 1. The van der Waals surface area contributed by atoms with E-state index in [9.17, 15) is 0 Å². The van der Waals surface area contributed by atoms with Crippen LogP contribution in [0, 0.1) is 6.92 Å². The zero-order chi connectivity index (χ0) is 15.6. The van der Waals surface area contributed by atoms with Crippen LogP contribution >= 0.6 is 0 Å². The molecule has 23 heavy (non-hydrogen) atoms. The molecule has 0 aliphatic carbocycles. The van der Waals surface area contributed by atoms with Crippen LogP contribution in [-0.4, -0.2) is 27.3 Å². The van der Waals surface area contributed by atoms with E-state index >= 15 is 0 Å². The Labute approximate surface area is 135 Å². The highest BCUT2D eigenvalue weighted by atomic mass is 16.5. The van der Waals surface area contributed by atoms with Gasteiger partial charge in [0.1, 0.15) is 5.52 Å². The number of hydrogen-bond acceptors (Lipinski definition) is 4. The SMILES string of the molecule is Cc1cc2c(N[C@H](c3ccccc3)[C@@H]3CCCO3)nccn2n1. The van der Waals surface area contributed by atoms with Crippen LogP contribution in [0.2, 0.25) is 0 Å². The Kier molecular flexibility index (Phi) is 3.71. The quantitative estimate of drug-likeness (QED) is 0.803. The summed E-state index contributed by atoms with van der Waals surface area (Å²) >= 11 is 0. The first-order chi connectivity index (χ1) is 11.3. The molecule has 118 valence electrons. The molecule has 3 aromatic rings. The van der Waals surface area contributed by atoms with Crippen molar-refractivity contribution in [2.24, 2.45) is 0 Å². The van der Waals surface area contributed by atoms with Gasteiger partial charge in [0.25, 0.3) is 0 Å². The Morgan fingerprint density at radius 3 is 2.96 bits per heavy atom. The fourth-order valence-corrected chi connectivity index (χ4v) is 3.22. The van der Waals surface area contributed by atoms with Crippen LogP contribution in [0.3, 0.4) is 0 Å². The topological polar surface area (TPSA) is 51.5 Å². The number of anilines is 1. The second-order valence-corrected chi connectivity index (χ2v) is 5.98. The summed E-state index contributed by atoms with van der Waals surface area (Å²) in [6, 6.07) is 12.6. The van der Waals surface area contributed by atoms with Gasteiger partial charge in [-0.15, -0.1) is 0 Å². The van der Waals surface area contributed by atoms with Crippen LogP contribution in [0.5, 0.6) is 0 Å². The molecule has 0 unspecified atom stereocenters. The molecule has 5 nitrogen and oxygen atoms in total. The summed E-state index contributed by atoms with van der Waals surface area (Å²) in [7, 11) is 0. The van der Waals surface area contributed by atoms with Gasteiger partial charge < -0.3 is 10.1 Å². The van der Waals surface area contributed by atoms with Gasteiger partial charge >= 0.3 is 0 Å².